The zero-order valence-corrected chi connectivity index (χ0v) is 17.4. The largest absolute Gasteiger partial charge is 0.457 e. The first-order chi connectivity index (χ1) is 10.1. The Morgan fingerprint density at radius 3 is 2.09 bits per heavy atom. The molecule has 0 aromatic rings. The number of esters is 1. The molecule has 23 heavy (non-hydrogen) atoms. The van der Waals surface area contributed by atoms with Gasteiger partial charge < -0.3 is 14.3 Å². The first-order valence-electron chi connectivity index (χ1n) is 8.37. The van der Waals surface area contributed by atoms with Crippen LogP contribution >= 0.6 is 0 Å². The van der Waals surface area contributed by atoms with E-state index >= 15 is 0 Å². The number of carbonyl (C=O) groups is 1. The number of aliphatic hydroxyl groups excluding tert-OH is 1. The van der Waals surface area contributed by atoms with Crippen LogP contribution in [0, 0.1) is 5.92 Å². The van der Waals surface area contributed by atoms with Crippen LogP contribution in [0.15, 0.2) is 12.2 Å². The maximum Gasteiger partial charge on any atom is 0.330 e. The molecule has 0 heterocycles. The Morgan fingerprint density at radius 1 is 1.17 bits per heavy atom. The molecule has 4 nitrogen and oxygen atoms in total. The highest BCUT2D eigenvalue weighted by molar-refractivity contribution is 6.74. The lowest BCUT2D eigenvalue weighted by Gasteiger charge is -2.37. The Kier molecular flexibility index (Phi) is 8.21. The summed E-state index contributed by atoms with van der Waals surface area (Å²) in [5.74, 6) is -0.364. The maximum absolute atomic E-state index is 11.8. The molecule has 1 N–H and O–H groups in total. The minimum absolute atomic E-state index is 0.00311. The SMILES string of the molecule is C[C@@H](O)C[C@H](/C=C/C(=O)OC(C)(C)C)CO[Si](C)(C)C(C)(C)C. The molecule has 0 bridgehead atoms. The lowest BCUT2D eigenvalue weighted by atomic mass is 10.0. The van der Waals surface area contributed by atoms with Crippen molar-refractivity contribution in [3.05, 3.63) is 12.2 Å². The number of aliphatic hydroxyl groups is 1. The molecule has 0 aliphatic rings. The number of ether oxygens (including phenoxy) is 1. The average molecular weight is 345 g/mol. The quantitative estimate of drug-likeness (QED) is 0.425. The van der Waals surface area contributed by atoms with Crippen LogP contribution in [0.2, 0.25) is 18.1 Å². The predicted octanol–water partition coefficient (Wildman–Crippen LogP) is 4.29. The molecule has 136 valence electrons. The van der Waals surface area contributed by atoms with E-state index in [0.29, 0.717) is 13.0 Å². The molecule has 0 saturated heterocycles. The number of carbonyl (C=O) groups excluding carboxylic acids is 1. The van der Waals surface area contributed by atoms with Gasteiger partial charge >= 0.3 is 5.97 Å². The van der Waals surface area contributed by atoms with E-state index < -0.39 is 20.0 Å². The van der Waals surface area contributed by atoms with Crippen LogP contribution in [0.25, 0.3) is 0 Å². The van der Waals surface area contributed by atoms with Gasteiger partial charge in [-0.3, -0.25) is 0 Å². The molecule has 0 saturated carbocycles. The molecule has 0 radical (unpaired) electrons. The Morgan fingerprint density at radius 2 is 1.70 bits per heavy atom. The van der Waals surface area contributed by atoms with Crippen molar-refractivity contribution in [2.24, 2.45) is 5.92 Å². The Bertz CT molecular complexity index is 400. The summed E-state index contributed by atoms with van der Waals surface area (Å²) in [5, 5.41) is 9.81. The molecule has 0 fully saturated rings. The minimum atomic E-state index is -1.84. The summed E-state index contributed by atoms with van der Waals surface area (Å²) in [4.78, 5) is 11.8. The zero-order valence-electron chi connectivity index (χ0n) is 16.4. The molecule has 2 atom stereocenters. The van der Waals surface area contributed by atoms with E-state index in [1.165, 1.54) is 6.08 Å². The second kappa shape index (κ2) is 8.45. The van der Waals surface area contributed by atoms with E-state index in [2.05, 4.69) is 33.9 Å². The molecule has 0 aromatic heterocycles. The normalized spacial score (nSPS) is 16.4. The molecular formula is C18H36O4Si. The third-order valence-corrected chi connectivity index (χ3v) is 8.52. The van der Waals surface area contributed by atoms with Gasteiger partial charge in [0.25, 0.3) is 0 Å². The second-order valence-electron chi connectivity index (χ2n) is 8.81. The molecule has 0 aliphatic heterocycles. The van der Waals surface area contributed by atoms with Crippen LogP contribution in [0.5, 0.6) is 0 Å². The van der Waals surface area contributed by atoms with Gasteiger partial charge in [0.1, 0.15) is 5.60 Å². The summed E-state index contributed by atoms with van der Waals surface area (Å²) >= 11 is 0. The number of rotatable bonds is 7. The van der Waals surface area contributed by atoms with Crippen LogP contribution in [0.1, 0.15) is 54.9 Å². The van der Waals surface area contributed by atoms with E-state index in [4.69, 9.17) is 9.16 Å². The fraction of sp³-hybridized carbons (Fsp3) is 0.833. The Labute approximate surface area is 143 Å². The van der Waals surface area contributed by atoms with Crippen molar-refractivity contribution in [1.29, 1.82) is 0 Å². The van der Waals surface area contributed by atoms with Gasteiger partial charge in [0.2, 0.25) is 0 Å². The summed E-state index contributed by atoms with van der Waals surface area (Å²) in [5.41, 5.74) is -0.501. The van der Waals surface area contributed by atoms with Crippen molar-refractivity contribution in [2.45, 2.75) is 84.7 Å². The molecule has 0 unspecified atom stereocenters. The van der Waals surface area contributed by atoms with Crippen molar-refractivity contribution < 1.29 is 19.1 Å². The lowest BCUT2D eigenvalue weighted by Crippen LogP contribution is -2.42. The predicted molar refractivity (Wildman–Crippen MR) is 97.9 cm³/mol. The summed E-state index contributed by atoms with van der Waals surface area (Å²) in [6, 6.07) is 0. The molecular weight excluding hydrogens is 308 g/mol. The summed E-state index contributed by atoms with van der Waals surface area (Å²) in [6.45, 7) is 18.8. The molecule has 0 aromatic carbocycles. The van der Waals surface area contributed by atoms with Gasteiger partial charge in [-0.05, 0) is 52.2 Å². The number of hydrogen-bond acceptors (Lipinski definition) is 4. The van der Waals surface area contributed by atoms with Gasteiger partial charge in [0.05, 0.1) is 6.10 Å². The standard InChI is InChI=1S/C18H36O4Si/c1-14(19)12-15(10-11-16(20)22-17(2,3)4)13-21-23(8,9)18(5,6)7/h10-11,14-15,19H,12-13H2,1-9H3/b11-10+/t14-,15+/m1/s1. The Balaban J connectivity index is 4.81. The minimum Gasteiger partial charge on any atom is -0.457 e. The molecule has 0 spiro atoms. The third kappa shape index (κ3) is 9.94. The fourth-order valence-corrected chi connectivity index (χ4v) is 2.79. The lowest BCUT2D eigenvalue weighted by molar-refractivity contribution is -0.148. The Hall–Kier alpha value is -0.653. The van der Waals surface area contributed by atoms with Crippen LogP contribution in [-0.4, -0.2) is 37.7 Å². The van der Waals surface area contributed by atoms with Crippen LogP contribution in [0.3, 0.4) is 0 Å². The van der Waals surface area contributed by atoms with E-state index in [0.717, 1.165) is 0 Å². The van der Waals surface area contributed by atoms with Crippen molar-refractivity contribution >= 4 is 14.3 Å². The van der Waals surface area contributed by atoms with Crippen LogP contribution in [-0.2, 0) is 14.0 Å². The van der Waals surface area contributed by atoms with Gasteiger partial charge in [0, 0.05) is 18.6 Å². The highest BCUT2D eigenvalue weighted by Gasteiger charge is 2.37. The van der Waals surface area contributed by atoms with Gasteiger partial charge in [-0.15, -0.1) is 0 Å². The van der Waals surface area contributed by atoms with E-state index in [1.54, 1.807) is 13.0 Å². The van der Waals surface area contributed by atoms with E-state index in [9.17, 15) is 9.90 Å². The van der Waals surface area contributed by atoms with E-state index in [-0.39, 0.29) is 16.9 Å². The highest BCUT2D eigenvalue weighted by atomic mass is 28.4. The smallest absolute Gasteiger partial charge is 0.330 e. The van der Waals surface area contributed by atoms with Crippen LogP contribution < -0.4 is 0 Å². The summed E-state index contributed by atoms with van der Waals surface area (Å²) in [6.07, 6.45) is 3.38. The average Bonchev–Trinajstić information content (AvgIpc) is 2.28. The first-order valence-corrected chi connectivity index (χ1v) is 11.3. The maximum atomic E-state index is 11.8. The number of hydrogen-bond donors (Lipinski definition) is 1. The zero-order chi connectivity index (χ0) is 18.5. The molecule has 0 amide bonds. The summed E-state index contributed by atoms with van der Waals surface area (Å²) in [7, 11) is -1.84. The van der Waals surface area contributed by atoms with Crippen molar-refractivity contribution in [3.63, 3.8) is 0 Å². The van der Waals surface area contributed by atoms with Gasteiger partial charge in [-0.1, -0.05) is 26.8 Å². The van der Waals surface area contributed by atoms with Gasteiger partial charge in [-0.2, -0.15) is 0 Å². The van der Waals surface area contributed by atoms with Crippen molar-refractivity contribution in [2.75, 3.05) is 6.61 Å². The van der Waals surface area contributed by atoms with Gasteiger partial charge in [-0.25, -0.2) is 4.79 Å². The molecule has 0 rings (SSSR count). The third-order valence-electron chi connectivity index (χ3n) is 4.02. The fourth-order valence-electron chi connectivity index (χ4n) is 1.72. The summed E-state index contributed by atoms with van der Waals surface area (Å²) < 4.78 is 11.5. The van der Waals surface area contributed by atoms with Crippen molar-refractivity contribution in [1.82, 2.24) is 0 Å². The van der Waals surface area contributed by atoms with Gasteiger partial charge in [0.15, 0.2) is 8.32 Å². The topological polar surface area (TPSA) is 55.8 Å². The molecule has 0 aliphatic carbocycles. The van der Waals surface area contributed by atoms with Crippen molar-refractivity contribution in [3.8, 4) is 0 Å². The first kappa shape index (κ1) is 22.3. The molecule has 5 heteroatoms. The second-order valence-corrected chi connectivity index (χ2v) is 13.6. The highest BCUT2D eigenvalue weighted by Crippen LogP contribution is 2.37. The van der Waals surface area contributed by atoms with Crippen LogP contribution in [0.4, 0.5) is 0 Å². The van der Waals surface area contributed by atoms with E-state index in [1.807, 2.05) is 20.8 Å². The monoisotopic (exact) mass is 344 g/mol.